The predicted octanol–water partition coefficient (Wildman–Crippen LogP) is 30.4. The molecule has 0 N–H and O–H groups in total. The molecule has 3 aliphatic carbocycles. The van der Waals surface area contributed by atoms with Gasteiger partial charge in [0.15, 0.2) is 52.4 Å². The SMILES string of the molecule is C1=CC2c3cccc(-c4nc(-c5ccc(-c6ccccc6)cc5)nc(-c5cccnc5)n4)c3OC2c2c1n(-c1ccccc1)c1ccccc21.C1=CC2c3cccc(-c4nc(-c5cccc(-c6ccccc6)c5)nc(-c5ccccn5)n4)c3OC2c2c1n(-c1ccccc1)c1ccccc21.C1=CC2c3cccc(-c4nc(-c5cccnc5)nc(-c5cccc(-c6ccccc6)c5)n4)c3OC2c2c1n(-c1ccccc1)c1ccccc21. The van der Waals surface area contributed by atoms with Gasteiger partial charge in [-0.05, 0) is 173 Å². The van der Waals surface area contributed by atoms with E-state index in [4.69, 9.17) is 59.1 Å². The Morgan fingerprint density at radius 3 is 0.860 bits per heavy atom. The average Bonchev–Trinajstić information content (AvgIpc) is 1.56. The maximum atomic E-state index is 7.07. The van der Waals surface area contributed by atoms with Crippen LogP contribution in [0.4, 0.5) is 0 Å². The van der Waals surface area contributed by atoms with Crippen LogP contribution in [-0.2, 0) is 0 Å². The molecule has 0 saturated carbocycles. The second kappa shape index (κ2) is 37.3. The number of rotatable bonds is 15. The number of ether oxygens (including phenoxy) is 3. The number of para-hydroxylation sites is 9. The van der Waals surface area contributed by atoms with Crippen LogP contribution < -0.4 is 14.2 Å². The zero-order valence-corrected chi connectivity index (χ0v) is 80.7. The molecule has 0 bridgehead atoms. The van der Waals surface area contributed by atoms with Gasteiger partial charge in [-0.1, -0.05) is 322 Å². The smallest absolute Gasteiger partial charge is 0.182 e. The van der Waals surface area contributed by atoms with Gasteiger partial charge in [-0.2, -0.15) is 0 Å². The number of fused-ring (bicyclic) bond motifs is 21. The molecule has 0 saturated heterocycles. The van der Waals surface area contributed by atoms with Crippen molar-refractivity contribution in [3.63, 3.8) is 0 Å². The maximum Gasteiger partial charge on any atom is 0.182 e. The standard InChI is InChI=1S/3C44H29N5O/c1-3-12-28(13-4-1)29-14-9-15-30(26-29)42-46-43(31-16-11-25-45-27-31)48-44(47-42)36-21-10-20-33-34-23-24-38-39(41(34)50-40(33)36)35-19-7-8-22-37(35)49(38)32-17-5-2-6-18-32;1-3-11-28(12-4-1)29-20-22-30(23-21-29)42-46-43(31-13-10-26-45-27-31)48-44(47-42)36-18-9-17-33-34-24-25-38-39(41(34)50-40(33)36)35-16-7-8-19-37(35)49(38)32-14-5-2-6-15-32;1-3-13-28(14-4-1)29-15-11-16-30(27-29)42-46-43(48-44(47-42)36-22-9-10-26-45-36)35-21-12-20-32-33-24-25-38-39(41(33)50-40(32)35)34-19-7-8-23-37(34)49(38)31-17-5-2-6-18-31/h2*1-27,34,41H;1-27,33,41H. The highest BCUT2D eigenvalue weighted by Crippen LogP contribution is 2.60. The first-order valence-electron chi connectivity index (χ1n) is 50.4. The lowest BCUT2D eigenvalue weighted by Gasteiger charge is -2.22. The largest absolute Gasteiger partial charge is 0.484 e. The van der Waals surface area contributed by atoms with Gasteiger partial charge in [0.1, 0.15) is 41.3 Å². The summed E-state index contributed by atoms with van der Waals surface area (Å²) in [4.78, 5) is 58.6. The molecule has 0 radical (unpaired) electrons. The van der Waals surface area contributed by atoms with Crippen LogP contribution in [-0.4, -0.2) is 73.5 Å². The molecule has 24 aromatic rings. The van der Waals surface area contributed by atoms with Gasteiger partial charge in [0, 0.05) is 143 Å². The summed E-state index contributed by atoms with van der Waals surface area (Å²) in [7, 11) is 0. The number of nitrogens with zero attached hydrogens (tertiary/aromatic N) is 15. The van der Waals surface area contributed by atoms with E-state index < -0.39 is 0 Å². The molecular formula is C132H87N15O3. The maximum absolute atomic E-state index is 7.07. The Bertz CT molecular complexity index is 9080. The van der Waals surface area contributed by atoms with Crippen molar-refractivity contribution in [1.82, 2.24) is 73.5 Å². The Kier molecular flexibility index (Phi) is 21.8. The second-order valence-corrected chi connectivity index (χ2v) is 37.9. The Balaban J connectivity index is 0.000000108. The predicted molar refractivity (Wildman–Crippen MR) is 593 cm³/mol. The van der Waals surface area contributed by atoms with Crippen molar-refractivity contribution in [2.75, 3.05) is 0 Å². The number of benzene rings is 15. The van der Waals surface area contributed by atoms with Gasteiger partial charge in [-0.15, -0.1) is 0 Å². The van der Waals surface area contributed by atoms with E-state index in [1.165, 1.54) is 32.8 Å². The first kappa shape index (κ1) is 87.8. The summed E-state index contributed by atoms with van der Waals surface area (Å²) >= 11 is 0. The summed E-state index contributed by atoms with van der Waals surface area (Å²) in [6, 6.07) is 146. The molecule has 30 rings (SSSR count). The van der Waals surface area contributed by atoms with E-state index >= 15 is 0 Å². The number of hydrogen-bond acceptors (Lipinski definition) is 15. The summed E-state index contributed by atoms with van der Waals surface area (Å²) in [5.74, 6) is 7.64. The van der Waals surface area contributed by atoms with Crippen molar-refractivity contribution in [3.05, 3.63) is 524 Å². The lowest BCUT2D eigenvalue weighted by Crippen LogP contribution is -2.13. The van der Waals surface area contributed by atoms with Crippen LogP contribution in [0.15, 0.2) is 474 Å². The molecule has 0 fully saturated rings. The molecule has 6 unspecified atom stereocenters. The minimum atomic E-state index is -0.194. The number of pyridine rings is 3. The Hall–Kier alpha value is -20.0. The van der Waals surface area contributed by atoms with Crippen LogP contribution in [0.5, 0.6) is 17.2 Å². The molecular weight excluding hydrogens is 1840 g/mol. The summed E-state index contributed by atoms with van der Waals surface area (Å²) in [6.45, 7) is 0. The first-order chi connectivity index (χ1) is 74.4. The highest BCUT2D eigenvalue weighted by atomic mass is 16.5. The lowest BCUT2D eigenvalue weighted by molar-refractivity contribution is 0.225. The third kappa shape index (κ3) is 15.6. The van der Waals surface area contributed by atoms with Crippen LogP contribution in [0.3, 0.4) is 0 Å². The van der Waals surface area contributed by atoms with Crippen LogP contribution in [0, 0.1) is 0 Å². The molecule has 0 amide bonds. The van der Waals surface area contributed by atoms with E-state index in [1.807, 2.05) is 91.0 Å². The van der Waals surface area contributed by atoms with E-state index in [1.54, 1.807) is 31.0 Å². The third-order valence-electron chi connectivity index (χ3n) is 29.1. The fourth-order valence-corrected chi connectivity index (χ4v) is 22.3. The monoisotopic (exact) mass is 1930 g/mol. The molecule has 6 aliphatic rings. The van der Waals surface area contributed by atoms with E-state index in [2.05, 4.69) is 399 Å². The van der Waals surface area contributed by atoms with E-state index in [0.29, 0.717) is 58.1 Å². The summed E-state index contributed by atoms with van der Waals surface area (Å²) < 4.78 is 28.2. The summed E-state index contributed by atoms with van der Waals surface area (Å²) in [6.07, 6.45) is 21.9. The number of hydrogen-bond donors (Lipinski definition) is 0. The fraction of sp³-hybridized carbons (Fsp3) is 0.0455. The van der Waals surface area contributed by atoms with Crippen molar-refractivity contribution in [3.8, 4) is 170 Å². The van der Waals surface area contributed by atoms with Crippen LogP contribution in [0.25, 0.3) is 204 Å². The third-order valence-corrected chi connectivity index (χ3v) is 29.1. The highest BCUT2D eigenvalue weighted by molar-refractivity contribution is 5.96. The fourth-order valence-electron chi connectivity index (χ4n) is 22.3. The molecule has 150 heavy (non-hydrogen) atoms. The molecule has 6 atom stereocenters. The normalized spacial score (nSPS) is 15.7. The molecule has 18 nitrogen and oxygen atoms in total. The second-order valence-electron chi connectivity index (χ2n) is 37.9. The van der Waals surface area contributed by atoms with Crippen LogP contribution in [0.1, 0.15) is 86.5 Å². The Morgan fingerprint density at radius 2 is 0.493 bits per heavy atom. The average molecular weight is 1930 g/mol. The molecule has 708 valence electrons. The summed E-state index contributed by atoms with van der Waals surface area (Å²) in [5.41, 5.74) is 31.6. The van der Waals surface area contributed by atoms with Crippen LogP contribution in [0.2, 0.25) is 0 Å². The van der Waals surface area contributed by atoms with Crippen molar-refractivity contribution in [2.24, 2.45) is 0 Å². The minimum absolute atomic E-state index is 0.0478. The molecule has 3 aliphatic heterocycles. The Labute approximate surface area is 863 Å². The molecule has 0 spiro atoms. The van der Waals surface area contributed by atoms with Crippen molar-refractivity contribution >= 4 is 50.9 Å². The molecule has 12 heterocycles. The lowest BCUT2D eigenvalue weighted by atomic mass is 9.85. The van der Waals surface area contributed by atoms with Gasteiger partial charge >= 0.3 is 0 Å². The first-order valence-corrected chi connectivity index (χ1v) is 50.4. The summed E-state index contributed by atoms with van der Waals surface area (Å²) in [5, 5.41) is 3.58. The van der Waals surface area contributed by atoms with E-state index in [-0.39, 0.29) is 36.1 Å². The van der Waals surface area contributed by atoms with Crippen molar-refractivity contribution in [1.29, 1.82) is 0 Å². The minimum Gasteiger partial charge on any atom is -0.484 e. The van der Waals surface area contributed by atoms with Crippen LogP contribution >= 0.6 is 0 Å². The van der Waals surface area contributed by atoms with Gasteiger partial charge in [-0.25, -0.2) is 44.9 Å². The van der Waals surface area contributed by atoms with Gasteiger partial charge in [0.25, 0.3) is 0 Å². The Morgan fingerprint density at radius 1 is 0.207 bits per heavy atom. The molecule has 18 heteroatoms. The highest BCUT2D eigenvalue weighted by Gasteiger charge is 2.46. The zero-order chi connectivity index (χ0) is 99.1. The molecule has 9 aromatic heterocycles. The molecule has 15 aromatic carbocycles. The topological polar surface area (TPSA) is 197 Å². The van der Waals surface area contributed by atoms with E-state index in [0.717, 1.165) is 163 Å². The van der Waals surface area contributed by atoms with Gasteiger partial charge in [0.05, 0.1) is 50.3 Å². The number of aromatic nitrogens is 15. The zero-order valence-electron chi connectivity index (χ0n) is 80.7. The van der Waals surface area contributed by atoms with Crippen molar-refractivity contribution < 1.29 is 14.2 Å². The quantitative estimate of drug-likeness (QED) is 0.0939. The van der Waals surface area contributed by atoms with Gasteiger partial charge in [0.2, 0.25) is 0 Å². The van der Waals surface area contributed by atoms with E-state index in [9.17, 15) is 0 Å². The van der Waals surface area contributed by atoms with Crippen molar-refractivity contribution in [2.45, 2.75) is 36.1 Å². The van der Waals surface area contributed by atoms with Gasteiger partial charge < -0.3 is 27.9 Å². The van der Waals surface area contributed by atoms with Gasteiger partial charge in [-0.3, -0.25) is 15.0 Å².